The Kier molecular flexibility index (Phi) is 4.84. The van der Waals surface area contributed by atoms with Gasteiger partial charge in [0.2, 0.25) is 5.89 Å². The molecule has 0 saturated carbocycles. The van der Waals surface area contributed by atoms with Gasteiger partial charge < -0.3 is 14.2 Å². The maximum absolute atomic E-state index is 10.4. The summed E-state index contributed by atoms with van der Waals surface area (Å²) in [5.41, 5.74) is 2.05. The van der Waals surface area contributed by atoms with Crippen molar-refractivity contribution in [1.29, 1.82) is 0 Å². The van der Waals surface area contributed by atoms with Gasteiger partial charge in [-0.3, -0.25) is 0 Å². The van der Waals surface area contributed by atoms with E-state index in [0.717, 1.165) is 43.7 Å². The minimum atomic E-state index is -0.947. The Morgan fingerprint density at radius 2 is 1.50 bits per heavy atom. The van der Waals surface area contributed by atoms with Crippen LogP contribution in [0.2, 0.25) is 0 Å². The Morgan fingerprint density at radius 3 is 2.22 bits per heavy atom. The molecular formula is C27H26BNO3. The molecule has 0 saturated heterocycles. The second-order valence-corrected chi connectivity index (χ2v) is 9.35. The van der Waals surface area contributed by atoms with E-state index in [1.54, 1.807) is 13.8 Å². The van der Waals surface area contributed by atoms with Crippen LogP contribution < -0.4 is 5.46 Å². The smallest absolute Gasteiger partial charge is 0.309 e. The van der Waals surface area contributed by atoms with Gasteiger partial charge in [-0.05, 0) is 50.6 Å². The summed E-state index contributed by atoms with van der Waals surface area (Å²) in [6.07, 6.45) is 0. The highest BCUT2D eigenvalue weighted by molar-refractivity contribution is 6.48. The minimum Gasteiger partial charge on any atom is -0.435 e. The lowest BCUT2D eigenvalue weighted by molar-refractivity contribution is -0.0893. The number of aliphatic hydroxyl groups is 1. The van der Waals surface area contributed by atoms with Gasteiger partial charge in [0, 0.05) is 16.3 Å². The van der Waals surface area contributed by atoms with Crippen molar-refractivity contribution in [3.63, 3.8) is 0 Å². The van der Waals surface area contributed by atoms with Gasteiger partial charge in [0.15, 0.2) is 5.58 Å². The summed E-state index contributed by atoms with van der Waals surface area (Å²) in [5.74, 6) is 0.623. The van der Waals surface area contributed by atoms with E-state index in [1.165, 1.54) is 0 Å². The van der Waals surface area contributed by atoms with Crippen molar-refractivity contribution in [2.24, 2.45) is 0 Å². The maximum atomic E-state index is 10.4. The average Bonchev–Trinajstić information content (AvgIpc) is 3.23. The molecule has 0 unspecified atom stereocenters. The van der Waals surface area contributed by atoms with Crippen LogP contribution in [0.15, 0.2) is 77.2 Å². The van der Waals surface area contributed by atoms with Gasteiger partial charge in [-0.25, -0.2) is 4.98 Å². The molecule has 0 aliphatic heterocycles. The van der Waals surface area contributed by atoms with E-state index in [-0.39, 0.29) is 0 Å². The van der Waals surface area contributed by atoms with E-state index in [0.29, 0.717) is 13.4 Å². The summed E-state index contributed by atoms with van der Waals surface area (Å²) in [4.78, 5) is 4.88. The van der Waals surface area contributed by atoms with Crippen LogP contribution in [0.5, 0.6) is 0 Å². The van der Waals surface area contributed by atoms with E-state index >= 15 is 0 Å². The molecule has 5 rings (SSSR count). The first-order valence-corrected chi connectivity index (χ1v) is 10.9. The number of rotatable bonds is 5. The largest absolute Gasteiger partial charge is 0.435 e. The van der Waals surface area contributed by atoms with Crippen molar-refractivity contribution < 1.29 is 14.2 Å². The van der Waals surface area contributed by atoms with Crippen LogP contribution in [0, 0.1) is 0 Å². The number of nitrogens with zero attached hydrogens (tertiary/aromatic N) is 1. The highest BCUT2D eigenvalue weighted by Gasteiger charge is 2.35. The van der Waals surface area contributed by atoms with Gasteiger partial charge in [-0.1, -0.05) is 66.1 Å². The predicted octanol–water partition coefficient (Wildman–Crippen LogP) is 5.34. The molecule has 0 aliphatic carbocycles. The molecule has 5 heteroatoms. The van der Waals surface area contributed by atoms with Crippen molar-refractivity contribution in [2.45, 2.75) is 38.9 Å². The molecular weight excluding hydrogens is 397 g/mol. The van der Waals surface area contributed by atoms with E-state index in [9.17, 15) is 5.11 Å². The number of fused-ring (bicyclic) bond motifs is 6. The zero-order valence-corrected chi connectivity index (χ0v) is 18.8. The number of hydrogen-bond acceptors (Lipinski definition) is 4. The summed E-state index contributed by atoms with van der Waals surface area (Å²) in [6, 6.07) is 24.6. The Hall–Kier alpha value is -3.15. The fraction of sp³-hybridized carbons (Fsp3) is 0.222. The van der Waals surface area contributed by atoms with Crippen molar-refractivity contribution in [2.75, 3.05) is 0 Å². The van der Waals surface area contributed by atoms with Gasteiger partial charge in [0.05, 0.1) is 11.2 Å². The SMILES string of the molecule is CC(C)(O)C(C)(C)OBc1ccc2c(c1)c1ccccc1c1oc(-c3ccccc3)nc21. The lowest BCUT2D eigenvalue weighted by atomic mass is 9.81. The van der Waals surface area contributed by atoms with Crippen LogP contribution in [0.4, 0.5) is 0 Å². The summed E-state index contributed by atoms with van der Waals surface area (Å²) in [5, 5.41) is 14.7. The molecule has 5 aromatic rings. The van der Waals surface area contributed by atoms with Crippen molar-refractivity contribution in [3.05, 3.63) is 72.8 Å². The molecule has 0 bridgehead atoms. The maximum Gasteiger partial charge on any atom is 0.309 e. The van der Waals surface area contributed by atoms with Crippen LogP contribution in [0.25, 0.3) is 44.1 Å². The third kappa shape index (κ3) is 3.48. The molecule has 1 aromatic heterocycles. The summed E-state index contributed by atoms with van der Waals surface area (Å²) in [6.45, 7) is 7.36. The van der Waals surface area contributed by atoms with Gasteiger partial charge in [-0.2, -0.15) is 0 Å². The Labute approximate surface area is 188 Å². The number of oxazole rings is 1. The Balaban J connectivity index is 1.66. The van der Waals surface area contributed by atoms with Crippen LogP contribution in [0.3, 0.4) is 0 Å². The molecule has 0 radical (unpaired) electrons. The standard InChI is InChI=1S/C27H26BNO3/c1-26(2,30)27(3,4)32-28-18-14-15-20-22(16-18)19-12-8-9-13-21(19)24-23(20)29-25(31-24)17-10-6-5-7-11-17/h5-16,28,30H,1-4H3. The predicted molar refractivity (Wildman–Crippen MR) is 133 cm³/mol. The van der Waals surface area contributed by atoms with E-state index < -0.39 is 11.2 Å². The topological polar surface area (TPSA) is 55.5 Å². The zero-order valence-electron chi connectivity index (χ0n) is 18.8. The van der Waals surface area contributed by atoms with Crippen LogP contribution in [-0.4, -0.2) is 28.8 Å². The average molecular weight is 423 g/mol. The van der Waals surface area contributed by atoms with Gasteiger partial charge in [0.1, 0.15) is 5.52 Å². The van der Waals surface area contributed by atoms with E-state index in [1.807, 2.05) is 56.3 Å². The Bertz CT molecular complexity index is 1430. The molecule has 0 atom stereocenters. The molecule has 4 nitrogen and oxygen atoms in total. The summed E-state index contributed by atoms with van der Waals surface area (Å²) in [7, 11) is 0.410. The second kappa shape index (κ2) is 7.47. The molecule has 4 aromatic carbocycles. The first kappa shape index (κ1) is 20.7. The quantitative estimate of drug-likeness (QED) is 0.306. The summed E-state index contributed by atoms with van der Waals surface area (Å²) >= 11 is 0. The molecule has 1 heterocycles. The first-order chi connectivity index (χ1) is 15.2. The lowest BCUT2D eigenvalue weighted by Crippen LogP contribution is -2.49. The normalized spacial score (nSPS) is 12.7. The van der Waals surface area contributed by atoms with Gasteiger partial charge in [-0.15, -0.1) is 0 Å². The molecule has 0 spiro atoms. The highest BCUT2D eigenvalue weighted by Crippen LogP contribution is 2.36. The van der Waals surface area contributed by atoms with Crippen LogP contribution >= 0.6 is 0 Å². The van der Waals surface area contributed by atoms with Crippen LogP contribution in [0.1, 0.15) is 27.7 Å². The highest BCUT2D eigenvalue weighted by atomic mass is 16.5. The van der Waals surface area contributed by atoms with Gasteiger partial charge >= 0.3 is 7.48 Å². The second-order valence-electron chi connectivity index (χ2n) is 9.35. The molecule has 0 fully saturated rings. The van der Waals surface area contributed by atoms with Crippen molar-refractivity contribution in [1.82, 2.24) is 4.98 Å². The number of hydrogen-bond donors (Lipinski definition) is 1. The van der Waals surface area contributed by atoms with E-state index in [4.69, 9.17) is 14.1 Å². The van der Waals surface area contributed by atoms with Crippen LogP contribution in [-0.2, 0) is 4.65 Å². The van der Waals surface area contributed by atoms with Crippen molar-refractivity contribution >= 4 is 45.6 Å². The minimum absolute atomic E-state index is 0.410. The fourth-order valence-corrected chi connectivity index (χ4v) is 3.86. The molecule has 1 N–H and O–H groups in total. The monoisotopic (exact) mass is 423 g/mol. The first-order valence-electron chi connectivity index (χ1n) is 10.9. The molecule has 32 heavy (non-hydrogen) atoms. The lowest BCUT2D eigenvalue weighted by Gasteiger charge is -2.37. The number of aromatic nitrogens is 1. The van der Waals surface area contributed by atoms with E-state index in [2.05, 4.69) is 30.3 Å². The third-order valence-electron chi connectivity index (χ3n) is 6.52. The number of benzene rings is 4. The molecule has 0 amide bonds. The summed E-state index contributed by atoms with van der Waals surface area (Å²) < 4.78 is 12.4. The Morgan fingerprint density at radius 1 is 0.812 bits per heavy atom. The fourth-order valence-electron chi connectivity index (χ4n) is 3.86. The zero-order chi connectivity index (χ0) is 22.5. The molecule has 160 valence electrons. The van der Waals surface area contributed by atoms with Gasteiger partial charge in [0.25, 0.3) is 0 Å². The molecule has 0 aliphatic rings. The van der Waals surface area contributed by atoms with Crippen molar-refractivity contribution in [3.8, 4) is 11.5 Å². The third-order valence-corrected chi connectivity index (χ3v) is 6.52.